The molecule has 2 aliphatic heterocycles. The first-order chi connectivity index (χ1) is 17.4. The zero-order valence-corrected chi connectivity index (χ0v) is 21.7. The van der Waals surface area contributed by atoms with E-state index in [-0.39, 0.29) is 11.5 Å². The zero-order chi connectivity index (χ0) is 25.2. The van der Waals surface area contributed by atoms with Gasteiger partial charge in [-0.3, -0.25) is 23.8 Å². The molecule has 1 amide bonds. The first kappa shape index (κ1) is 24.4. The molecule has 0 bridgehead atoms. The minimum Gasteiger partial charge on any atom is -0.353 e. The predicted molar refractivity (Wildman–Crippen MR) is 150 cm³/mol. The molecular formula is C27H27N5O2S2. The highest BCUT2D eigenvalue weighted by molar-refractivity contribution is 8.26. The third kappa shape index (κ3) is 4.86. The molecule has 0 aliphatic carbocycles. The van der Waals surface area contributed by atoms with Crippen LogP contribution < -0.4 is 10.5 Å². The summed E-state index contributed by atoms with van der Waals surface area (Å²) in [6.07, 6.45) is 5.09. The second-order valence-corrected chi connectivity index (χ2v) is 10.6. The summed E-state index contributed by atoms with van der Waals surface area (Å²) in [7, 11) is 0. The number of carbonyl (C=O) groups excluding carboxylic acids is 1. The third-order valence-electron chi connectivity index (χ3n) is 6.37. The Balaban J connectivity index is 1.49. The van der Waals surface area contributed by atoms with E-state index < -0.39 is 0 Å². The number of aromatic nitrogens is 2. The largest absolute Gasteiger partial charge is 0.353 e. The summed E-state index contributed by atoms with van der Waals surface area (Å²) in [5.74, 6) is 0.398. The van der Waals surface area contributed by atoms with Crippen LogP contribution in [0.5, 0.6) is 0 Å². The van der Waals surface area contributed by atoms with Crippen molar-refractivity contribution >= 4 is 51.7 Å². The number of hydrogen-bond donors (Lipinski definition) is 0. The van der Waals surface area contributed by atoms with Crippen LogP contribution in [0.15, 0.2) is 71.0 Å². The first-order valence-corrected chi connectivity index (χ1v) is 13.1. The standard InChI is InChI=1S/C27H27N5O2S2/c1-3-11-31-26(34)22(36-27(31)35)16-21-24(28-23-10-9-19(2)17-32(23)25(21)33)30-14-12-29(13-15-30)18-20-7-5-4-6-8-20/h3-10,16-17H,1,11-15,18H2,2H3. The van der Waals surface area contributed by atoms with E-state index in [0.29, 0.717) is 32.8 Å². The van der Waals surface area contributed by atoms with Crippen LogP contribution in [0.3, 0.4) is 0 Å². The topological polar surface area (TPSA) is 61.2 Å². The molecule has 2 aromatic heterocycles. The lowest BCUT2D eigenvalue weighted by Crippen LogP contribution is -2.47. The maximum atomic E-state index is 13.7. The molecule has 0 atom stereocenters. The van der Waals surface area contributed by atoms with Crippen LogP contribution in [0.4, 0.5) is 5.82 Å². The number of nitrogens with zero attached hydrogens (tertiary/aromatic N) is 5. The molecular weight excluding hydrogens is 490 g/mol. The van der Waals surface area contributed by atoms with Gasteiger partial charge >= 0.3 is 0 Å². The summed E-state index contributed by atoms with van der Waals surface area (Å²) in [5, 5.41) is 0. The summed E-state index contributed by atoms with van der Waals surface area (Å²) in [4.78, 5) is 38.1. The molecule has 2 aliphatic rings. The fraction of sp³-hybridized carbons (Fsp3) is 0.259. The summed E-state index contributed by atoms with van der Waals surface area (Å²) < 4.78 is 2.02. The van der Waals surface area contributed by atoms with Gasteiger partial charge < -0.3 is 4.90 Å². The number of hydrogen-bond acceptors (Lipinski definition) is 7. The number of piperazine rings is 1. The Labute approximate surface area is 219 Å². The molecule has 2 saturated heterocycles. The second-order valence-electron chi connectivity index (χ2n) is 8.92. The molecule has 1 aromatic carbocycles. The molecule has 184 valence electrons. The van der Waals surface area contributed by atoms with Crippen molar-refractivity contribution in [1.29, 1.82) is 0 Å². The molecule has 0 saturated carbocycles. The quantitative estimate of drug-likeness (QED) is 0.281. The van der Waals surface area contributed by atoms with Gasteiger partial charge in [-0.2, -0.15) is 0 Å². The van der Waals surface area contributed by atoms with E-state index in [2.05, 4.69) is 40.6 Å². The Morgan fingerprint density at radius 1 is 1.08 bits per heavy atom. The lowest BCUT2D eigenvalue weighted by Gasteiger charge is -2.36. The number of thioether (sulfide) groups is 1. The number of fused-ring (bicyclic) bond motifs is 1. The number of thiocarbonyl (C=S) groups is 1. The van der Waals surface area contributed by atoms with Crippen LogP contribution in [0, 0.1) is 6.92 Å². The molecule has 7 nitrogen and oxygen atoms in total. The van der Waals surface area contributed by atoms with E-state index in [1.807, 2.05) is 25.1 Å². The maximum absolute atomic E-state index is 13.7. The number of rotatable bonds is 6. The highest BCUT2D eigenvalue weighted by atomic mass is 32.2. The fourth-order valence-electron chi connectivity index (χ4n) is 4.49. The van der Waals surface area contributed by atoms with E-state index in [1.165, 1.54) is 22.2 Å². The van der Waals surface area contributed by atoms with Crippen molar-refractivity contribution in [3.05, 3.63) is 93.3 Å². The Bertz CT molecular complexity index is 1430. The number of benzene rings is 1. The minimum atomic E-state index is -0.211. The molecule has 2 fully saturated rings. The van der Waals surface area contributed by atoms with E-state index in [4.69, 9.17) is 17.2 Å². The molecule has 3 aromatic rings. The lowest BCUT2D eigenvalue weighted by molar-refractivity contribution is -0.121. The average Bonchev–Trinajstić information content (AvgIpc) is 3.15. The fourth-order valence-corrected chi connectivity index (χ4v) is 5.75. The van der Waals surface area contributed by atoms with Gasteiger partial charge in [0.05, 0.1) is 10.5 Å². The summed E-state index contributed by atoms with van der Waals surface area (Å²) >= 11 is 6.60. The number of aryl methyl sites for hydroxylation is 1. The van der Waals surface area contributed by atoms with Crippen molar-refractivity contribution in [2.75, 3.05) is 37.6 Å². The Hall–Kier alpha value is -3.27. The van der Waals surface area contributed by atoms with E-state index >= 15 is 0 Å². The molecule has 0 radical (unpaired) electrons. The Morgan fingerprint density at radius 3 is 2.56 bits per heavy atom. The smallest absolute Gasteiger partial charge is 0.267 e. The van der Waals surface area contributed by atoms with Gasteiger partial charge in [-0.1, -0.05) is 66.5 Å². The van der Waals surface area contributed by atoms with Crippen molar-refractivity contribution < 1.29 is 4.79 Å². The second kappa shape index (κ2) is 10.4. The van der Waals surface area contributed by atoms with Crippen molar-refractivity contribution in [3.63, 3.8) is 0 Å². The molecule has 0 unspecified atom stereocenters. The number of pyridine rings is 1. The summed E-state index contributed by atoms with van der Waals surface area (Å²) in [5.41, 5.74) is 3.04. The van der Waals surface area contributed by atoms with Gasteiger partial charge in [0.15, 0.2) is 0 Å². The zero-order valence-electron chi connectivity index (χ0n) is 20.1. The molecule has 4 heterocycles. The Morgan fingerprint density at radius 2 is 1.83 bits per heavy atom. The van der Waals surface area contributed by atoms with Crippen molar-refractivity contribution in [2.45, 2.75) is 13.5 Å². The van der Waals surface area contributed by atoms with Crippen LogP contribution >= 0.6 is 24.0 Å². The molecule has 5 rings (SSSR count). The van der Waals surface area contributed by atoms with Gasteiger partial charge in [0.2, 0.25) is 0 Å². The van der Waals surface area contributed by atoms with Gasteiger partial charge in [-0.25, -0.2) is 4.98 Å². The van der Waals surface area contributed by atoms with Crippen LogP contribution in [0.25, 0.3) is 11.7 Å². The van der Waals surface area contributed by atoms with Crippen LogP contribution in [0.2, 0.25) is 0 Å². The van der Waals surface area contributed by atoms with Crippen LogP contribution in [-0.2, 0) is 11.3 Å². The molecule has 0 N–H and O–H groups in total. The van der Waals surface area contributed by atoms with Gasteiger partial charge in [-0.05, 0) is 30.2 Å². The van der Waals surface area contributed by atoms with Crippen molar-refractivity contribution in [2.24, 2.45) is 0 Å². The van der Waals surface area contributed by atoms with Gasteiger partial charge in [0.25, 0.3) is 11.5 Å². The Kier molecular flexibility index (Phi) is 7.04. The van der Waals surface area contributed by atoms with Gasteiger partial charge in [0, 0.05) is 45.5 Å². The minimum absolute atomic E-state index is 0.195. The molecule has 36 heavy (non-hydrogen) atoms. The maximum Gasteiger partial charge on any atom is 0.267 e. The van der Waals surface area contributed by atoms with Crippen molar-refractivity contribution in [3.8, 4) is 0 Å². The first-order valence-electron chi connectivity index (χ1n) is 11.8. The summed E-state index contributed by atoms with van der Waals surface area (Å²) in [6.45, 7) is 10.1. The highest BCUT2D eigenvalue weighted by Gasteiger charge is 2.32. The molecule has 9 heteroatoms. The number of amides is 1. The van der Waals surface area contributed by atoms with Crippen molar-refractivity contribution in [1.82, 2.24) is 19.2 Å². The highest BCUT2D eigenvalue weighted by Crippen LogP contribution is 2.33. The van der Waals surface area contributed by atoms with Gasteiger partial charge in [-0.15, -0.1) is 6.58 Å². The summed E-state index contributed by atoms with van der Waals surface area (Å²) in [6, 6.07) is 14.2. The van der Waals surface area contributed by atoms with Crippen LogP contribution in [-0.4, -0.2) is 62.1 Å². The average molecular weight is 518 g/mol. The normalized spacial score (nSPS) is 18.0. The van der Waals surface area contributed by atoms with Gasteiger partial charge in [0.1, 0.15) is 15.8 Å². The SMILES string of the molecule is C=CCN1C(=O)C(=Cc2c(N3CCN(Cc4ccccc4)CC3)nc3ccc(C)cn3c2=O)SC1=S. The molecule has 0 spiro atoms. The predicted octanol–water partition coefficient (Wildman–Crippen LogP) is 3.71. The van der Waals surface area contributed by atoms with Crippen LogP contribution in [0.1, 0.15) is 16.7 Å². The number of anilines is 1. The number of carbonyl (C=O) groups is 1. The van der Waals surface area contributed by atoms with E-state index in [9.17, 15) is 9.59 Å². The lowest BCUT2D eigenvalue weighted by atomic mass is 10.2. The third-order valence-corrected chi connectivity index (χ3v) is 7.74. The monoisotopic (exact) mass is 517 g/mol. The van der Waals surface area contributed by atoms with E-state index in [0.717, 1.165) is 38.3 Å². The van der Waals surface area contributed by atoms with E-state index in [1.54, 1.807) is 22.7 Å².